The van der Waals surface area contributed by atoms with Gasteiger partial charge in [0.25, 0.3) is 0 Å². The number of rotatable bonds is 8. The first-order valence-corrected chi connectivity index (χ1v) is 12.6. The van der Waals surface area contributed by atoms with Crippen molar-refractivity contribution in [1.29, 1.82) is 0 Å². The average Bonchev–Trinajstić information content (AvgIpc) is 3.54. The number of aromatic nitrogens is 4. The van der Waals surface area contributed by atoms with Crippen molar-refractivity contribution in [3.8, 4) is 22.6 Å². The van der Waals surface area contributed by atoms with Crippen LogP contribution in [0, 0.1) is 11.7 Å². The predicted molar refractivity (Wildman–Crippen MR) is 156 cm³/mol. The highest BCUT2D eigenvalue weighted by Crippen LogP contribution is 2.34. The Hall–Kier alpha value is -4.71. The fraction of sp³-hybridized carbons (Fsp3) is 0.125. The van der Waals surface area contributed by atoms with Crippen LogP contribution in [0.15, 0.2) is 104 Å². The molecule has 5 rings (SSSR count). The molecule has 0 radical (unpaired) electrons. The first-order valence-electron chi connectivity index (χ1n) is 12.6. The number of hydrogen-bond acceptors (Lipinski definition) is 3. The Morgan fingerprint density at radius 3 is 2.55 bits per heavy atom. The molecule has 0 aliphatic carbocycles. The van der Waals surface area contributed by atoms with E-state index in [9.17, 15) is 4.39 Å². The molecule has 0 amide bonds. The summed E-state index contributed by atoms with van der Waals surface area (Å²) in [5, 5.41) is 12.9. The molecule has 0 spiro atoms. The topological polar surface area (TPSA) is 69.4 Å². The molecule has 6 heteroatoms. The number of aromatic amines is 2. The van der Waals surface area contributed by atoms with E-state index in [1.165, 1.54) is 6.07 Å². The Labute approximate surface area is 221 Å². The number of allylic oxidation sites excluding steroid dienone is 5. The zero-order valence-electron chi connectivity index (χ0n) is 21.8. The Kier molecular flexibility index (Phi) is 6.79. The Morgan fingerprint density at radius 1 is 1.03 bits per heavy atom. The second kappa shape index (κ2) is 10.3. The predicted octanol–water partition coefficient (Wildman–Crippen LogP) is 8.14. The summed E-state index contributed by atoms with van der Waals surface area (Å²) in [4.78, 5) is 7.94. The summed E-state index contributed by atoms with van der Waals surface area (Å²) in [6.45, 7) is 14.3. The minimum Gasteiger partial charge on any atom is -0.359 e. The molecular formula is C32H30FN5. The number of halogens is 1. The third kappa shape index (κ3) is 4.68. The largest absolute Gasteiger partial charge is 0.359 e. The lowest BCUT2D eigenvalue weighted by Crippen LogP contribution is -2.14. The van der Waals surface area contributed by atoms with E-state index in [4.69, 9.17) is 0 Å². The van der Waals surface area contributed by atoms with Gasteiger partial charge in [-0.05, 0) is 72.5 Å². The van der Waals surface area contributed by atoms with Gasteiger partial charge in [-0.15, -0.1) is 0 Å². The van der Waals surface area contributed by atoms with E-state index in [-0.39, 0.29) is 5.82 Å². The Balaban J connectivity index is 1.57. The summed E-state index contributed by atoms with van der Waals surface area (Å²) in [7, 11) is 0. The van der Waals surface area contributed by atoms with Crippen LogP contribution in [0.4, 0.5) is 4.39 Å². The maximum atomic E-state index is 14.6. The molecule has 5 nitrogen and oxygen atoms in total. The summed E-state index contributed by atoms with van der Waals surface area (Å²) in [6, 6.07) is 16.8. The van der Waals surface area contributed by atoms with Crippen LogP contribution in [0.2, 0.25) is 0 Å². The second-order valence-corrected chi connectivity index (χ2v) is 9.47. The third-order valence-corrected chi connectivity index (χ3v) is 6.67. The van der Waals surface area contributed by atoms with Crippen LogP contribution in [0.5, 0.6) is 0 Å². The highest BCUT2D eigenvalue weighted by atomic mass is 19.1. The van der Waals surface area contributed by atoms with E-state index in [1.807, 2.05) is 31.2 Å². The van der Waals surface area contributed by atoms with Gasteiger partial charge in [0.15, 0.2) is 0 Å². The van der Waals surface area contributed by atoms with Crippen LogP contribution >= 0.6 is 0 Å². The summed E-state index contributed by atoms with van der Waals surface area (Å²) in [6.07, 6.45) is 7.62. The van der Waals surface area contributed by atoms with E-state index < -0.39 is 0 Å². The lowest BCUT2D eigenvalue weighted by Gasteiger charge is -2.14. The van der Waals surface area contributed by atoms with Crippen molar-refractivity contribution in [2.24, 2.45) is 5.92 Å². The second-order valence-electron chi connectivity index (χ2n) is 9.47. The van der Waals surface area contributed by atoms with Gasteiger partial charge in [-0.25, -0.2) is 4.39 Å². The average molecular weight is 504 g/mol. The van der Waals surface area contributed by atoms with Gasteiger partial charge in [-0.3, -0.25) is 10.1 Å². The number of pyridine rings is 1. The lowest BCUT2D eigenvalue weighted by molar-refractivity contribution is 0.631. The van der Waals surface area contributed by atoms with Gasteiger partial charge < -0.3 is 10.3 Å². The minimum absolute atomic E-state index is 0.303. The summed E-state index contributed by atoms with van der Waals surface area (Å²) in [5.41, 5.74) is 8.36. The van der Waals surface area contributed by atoms with Crippen molar-refractivity contribution >= 4 is 27.4 Å². The number of nitrogens with zero attached hydrogens (tertiary/aromatic N) is 2. The normalized spacial score (nSPS) is 12.4. The first-order chi connectivity index (χ1) is 18.4. The standard InChI is InChI=1S/C32H30FN5/c1-6-21(16-23(7-2)35-20(5)19(3)4)22-12-13-29-25(17-22)32(38-37-29)30-18-26-28(36-30)14-15-34-31(26)24-10-8-9-11-27(24)33/h6-19,35-36H,2,5H2,1,3-4H3,(H,37,38)/b21-6+,23-16+. The minimum atomic E-state index is -0.303. The maximum absolute atomic E-state index is 14.6. The van der Waals surface area contributed by atoms with E-state index in [0.717, 1.165) is 55.7 Å². The molecule has 0 saturated carbocycles. The molecule has 0 aliphatic heterocycles. The smallest absolute Gasteiger partial charge is 0.132 e. The van der Waals surface area contributed by atoms with Crippen LogP contribution in [-0.4, -0.2) is 20.2 Å². The molecule has 2 aromatic carbocycles. The molecule has 0 unspecified atom stereocenters. The number of H-pyrrole nitrogens is 2. The number of fused-ring (bicyclic) bond motifs is 2. The Morgan fingerprint density at radius 2 is 1.82 bits per heavy atom. The van der Waals surface area contributed by atoms with Crippen molar-refractivity contribution in [3.63, 3.8) is 0 Å². The fourth-order valence-corrected chi connectivity index (χ4v) is 4.42. The molecule has 3 N–H and O–H groups in total. The zero-order valence-corrected chi connectivity index (χ0v) is 21.8. The van der Waals surface area contributed by atoms with E-state index >= 15 is 0 Å². The molecule has 0 bridgehead atoms. The molecule has 5 aromatic rings. The molecule has 0 aliphatic rings. The van der Waals surface area contributed by atoms with Gasteiger partial charge in [0.2, 0.25) is 0 Å². The van der Waals surface area contributed by atoms with Crippen LogP contribution in [0.1, 0.15) is 26.3 Å². The van der Waals surface area contributed by atoms with Gasteiger partial charge in [0.05, 0.1) is 16.9 Å². The van der Waals surface area contributed by atoms with Crippen molar-refractivity contribution in [1.82, 2.24) is 25.5 Å². The van der Waals surface area contributed by atoms with Crippen molar-refractivity contribution in [2.75, 3.05) is 0 Å². The van der Waals surface area contributed by atoms with Gasteiger partial charge >= 0.3 is 0 Å². The van der Waals surface area contributed by atoms with Gasteiger partial charge in [0.1, 0.15) is 11.5 Å². The van der Waals surface area contributed by atoms with Crippen molar-refractivity contribution in [3.05, 3.63) is 115 Å². The van der Waals surface area contributed by atoms with Crippen LogP contribution in [0.25, 0.3) is 50.0 Å². The summed E-state index contributed by atoms with van der Waals surface area (Å²) in [5.74, 6) is 0.00468. The summed E-state index contributed by atoms with van der Waals surface area (Å²) < 4.78 is 14.6. The highest BCUT2D eigenvalue weighted by molar-refractivity contribution is 6.00. The molecule has 190 valence electrons. The molecule has 0 saturated heterocycles. The lowest BCUT2D eigenvalue weighted by atomic mass is 10.0. The molecule has 3 heterocycles. The van der Waals surface area contributed by atoms with Crippen LogP contribution in [-0.2, 0) is 0 Å². The highest BCUT2D eigenvalue weighted by Gasteiger charge is 2.16. The third-order valence-electron chi connectivity index (χ3n) is 6.67. The number of hydrogen-bond donors (Lipinski definition) is 3. The van der Waals surface area contributed by atoms with Gasteiger partial charge in [-0.1, -0.05) is 51.3 Å². The van der Waals surface area contributed by atoms with Crippen LogP contribution in [0.3, 0.4) is 0 Å². The fourth-order valence-electron chi connectivity index (χ4n) is 4.42. The molecule has 0 fully saturated rings. The molecular weight excluding hydrogens is 473 g/mol. The van der Waals surface area contributed by atoms with Gasteiger partial charge in [-0.2, -0.15) is 5.10 Å². The monoisotopic (exact) mass is 503 g/mol. The summed E-state index contributed by atoms with van der Waals surface area (Å²) >= 11 is 0. The molecule has 38 heavy (non-hydrogen) atoms. The van der Waals surface area contributed by atoms with Crippen molar-refractivity contribution < 1.29 is 4.39 Å². The van der Waals surface area contributed by atoms with E-state index in [1.54, 1.807) is 24.4 Å². The quantitative estimate of drug-likeness (QED) is 0.187. The maximum Gasteiger partial charge on any atom is 0.132 e. The molecule has 3 aromatic heterocycles. The van der Waals surface area contributed by atoms with Crippen LogP contribution < -0.4 is 5.32 Å². The Bertz CT molecular complexity index is 1730. The van der Waals surface area contributed by atoms with Gasteiger partial charge in [0, 0.05) is 39.4 Å². The number of benzene rings is 2. The van der Waals surface area contributed by atoms with E-state index in [2.05, 4.69) is 76.8 Å². The van der Waals surface area contributed by atoms with Crippen molar-refractivity contribution in [2.45, 2.75) is 20.8 Å². The SMILES string of the molecule is C=C/C(=C\C(=C/C)c1ccc2[nH]nc(-c3cc4c(-c5ccccc5F)nccc4[nH]3)c2c1)NC(=C)C(C)C. The first kappa shape index (κ1) is 25.0. The molecule has 0 atom stereocenters. The zero-order chi connectivity index (χ0) is 26.8. The van der Waals surface area contributed by atoms with E-state index in [0.29, 0.717) is 17.2 Å². The number of nitrogens with one attached hydrogen (secondary N) is 3.